The molecule has 0 spiro atoms. The summed E-state index contributed by atoms with van der Waals surface area (Å²) in [6.45, 7) is 0.610. The maximum atomic E-state index is 12.2. The van der Waals surface area contributed by atoms with Gasteiger partial charge in [-0.3, -0.25) is 14.5 Å². The molecule has 0 radical (unpaired) electrons. The lowest BCUT2D eigenvalue weighted by Gasteiger charge is -2.04. The first kappa shape index (κ1) is 14.0. The first-order chi connectivity index (χ1) is 10.1. The molecular formula is C12H12N4O3S2. The van der Waals surface area contributed by atoms with Gasteiger partial charge in [-0.15, -0.1) is 0 Å². The third kappa shape index (κ3) is 2.88. The van der Waals surface area contributed by atoms with Gasteiger partial charge >= 0.3 is 0 Å². The van der Waals surface area contributed by atoms with Crippen LogP contribution in [0.3, 0.4) is 0 Å². The van der Waals surface area contributed by atoms with Crippen LogP contribution in [0, 0.1) is 0 Å². The van der Waals surface area contributed by atoms with Crippen molar-refractivity contribution in [3.8, 4) is 0 Å². The third-order valence-corrected chi connectivity index (χ3v) is 5.41. The first-order valence-electron chi connectivity index (χ1n) is 6.27. The Hall–Kier alpha value is -2.00. The number of rotatable bonds is 3. The summed E-state index contributed by atoms with van der Waals surface area (Å²) in [7, 11) is -3.74. The van der Waals surface area contributed by atoms with Gasteiger partial charge in [0.2, 0.25) is 0 Å². The van der Waals surface area contributed by atoms with E-state index in [4.69, 9.17) is 0 Å². The lowest BCUT2D eigenvalue weighted by molar-refractivity contribution is 0.0960. The Bertz CT molecular complexity index is 771. The Balaban J connectivity index is 1.90. The number of hydrogen-bond donors (Lipinski definition) is 2. The molecule has 0 saturated heterocycles. The Morgan fingerprint density at radius 2 is 2.24 bits per heavy atom. The van der Waals surface area contributed by atoms with Gasteiger partial charge in [0.25, 0.3) is 15.9 Å². The van der Waals surface area contributed by atoms with Gasteiger partial charge in [0.05, 0.1) is 5.69 Å². The highest BCUT2D eigenvalue weighted by atomic mass is 32.2. The number of thiazole rings is 1. The predicted octanol–water partition coefficient (Wildman–Crippen LogP) is 1.01. The van der Waals surface area contributed by atoms with E-state index in [1.54, 1.807) is 6.07 Å². The second-order valence-corrected chi connectivity index (χ2v) is 7.13. The molecule has 2 aromatic rings. The fraction of sp³-hybridized carbons (Fsp3) is 0.250. The monoisotopic (exact) mass is 324 g/mol. The van der Waals surface area contributed by atoms with Crippen LogP contribution >= 0.6 is 11.3 Å². The van der Waals surface area contributed by atoms with Gasteiger partial charge in [0.15, 0.2) is 5.13 Å². The maximum absolute atomic E-state index is 12.2. The topological polar surface area (TPSA) is 101 Å². The molecular weight excluding hydrogens is 312 g/mol. The molecule has 3 rings (SSSR count). The number of aryl methyl sites for hydroxylation is 1. The summed E-state index contributed by atoms with van der Waals surface area (Å²) in [6, 6.07) is 2.99. The van der Waals surface area contributed by atoms with Crippen LogP contribution in [0.25, 0.3) is 0 Å². The van der Waals surface area contributed by atoms with Gasteiger partial charge in [0.1, 0.15) is 9.77 Å². The van der Waals surface area contributed by atoms with Gasteiger partial charge < -0.3 is 5.32 Å². The van der Waals surface area contributed by atoms with Crippen LogP contribution in [0.1, 0.15) is 21.8 Å². The normalized spacial score (nSPS) is 15.0. The van der Waals surface area contributed by atoms with Crippen LogP contribution in [0.2, 0.25) is 0 Å². The minimum atomic E-state index is -3.74. The third-order valence-electron chi connectivity index (χ3n) is 2.95. The van der Waals surface area contributed by atoms with E-state index in [0.717, 1.165) is 17.8 Å². The van der Waals surface area contributed by atoms with Crippen LogP contribution in [0.5, 0.6) is 0 Å². The number of anilines is 1. The fourth-order valence-corrected chi connectivity index (χ4v) is 4.09. The molecule has 0 fully saturated rings. The molecule has 0 unspecified atom stereocenters. The standard InChI is InChI=1S/C12H12N4O3S2/c17-11-10-9(4-2-6-14-11)15-12(20-10)16-21(18,19)8-3-1-5-13-7-8/h1,3,5,7H,2,4,6H2,(H,14,17)(H,15,16). The minimum Gasteiger partial charge on any atom is -0.351 e. The fourth-order valence-electron chi connectivity index (χ4n) is 1.96. The summed E-state index contributed by atoms with van der Waals surface area (Å²) >= 11 is 1.04. The molecule has 2 N–H and O–H groups in total. The summed E-state index contributed by atoms with van der Waals surface area (Å²) in [5, 5.41) is 2.95. The number of carbonyl (C=O) groups is 1. The molecule has 0 bridgehead atoms. The summed E-state index contributed by atoms with van der Waals surface area (Å²) in [4.78, 5) is 20.4. The van der Waals surface area contributed by atoms with Crippen molar-refractivity contribution in [3.63, 3.8) is 0 Å². The number of nitrogens with one attached hydrogen (secondary N) is 2. The SMILES string of the molecule is O=C1NCCCc2nc(NS(=O)(=O)c3cccnc3)sc21. The van der Waals surface area contributed by atoms with Crippen molar-refractivity contribution in [3.05, 3.63) is 35.1 Å². The van der Waals surface area contributed by atoms with Crippen molar-refractivity contribution in [2.75, 3.05) is 11.3 Å². The molecule has 0 aliphatic carbocycles. The Kier molecular flexibility index (Phi) is 3.60. The Labute approximate surface area is 125 Å². The highest BCUT2D eigenvalue weighted by molar-refractivity contribution is 7.93. The molecule has 9 heteroatoms. The molecule has 0 atom stereocenters. The van der Waals surface area contributed by atoms with Gasteiger partial charge in [-0.1, -0.05) is 11.3 Å². The summed E-state index contributed by atoms with van der Waals surface area (Å²) < 4.78 is 26.8. The number of hydrogen-bond acceptors (Lipinski definition) is 6. The molecule has 1 aliphatic rings. The van der Waals surface area contributed by atoms with Crippen LogP contribution in [-0.2, 0) is 16.4 Å². The average molecular weight is 324 g/mol. The number of carbonyl (C=O) groups excluding carboxylic acids is 1. The summed E-state index contributed by atoms with van der Waals surface area (Å²) in [5.74, 6) is -0.202. The van der Waals surface area contributed by atoms with Crippen LogP contribution < -0.4 is 10.0 Å². The van der Waals surface area contributed by atoms with Crippen molar-refractivity contribution in [2.45, 2.75) is 17.7 Å². The van der Waals surface area contributed by atoms with Gasteiger partial charge in [0, 0.05) is 18.9 Å². The van der Waals surface area contributed by atoms with E-state index in [0.29, 0.717) is 23.5 Å². The number of pyridine rings is 1. The second kappa shape index (κ2) is 5.41. The molecule has 7 nitrogen and oxygen atoms in total. The zero-order valence-electron chi connectivity index (χ0n) is 10.9. The van der Waals surface area contributed by atoms with E-state index >= 15 is 0 Å². The number of amides is 1. The molecule has 1 amide bonds. The molecule has 0 saturated carbocycles. The quantitative estimate of drug-likeness (QED) is 0.877. The van der Waals surface area contributed by atoms with E-state index < -0.39 is 10.0 Å². The zero-order valence-corrected chi connectivity index (χ0v) is 12.5. The van der Waals surface area contributed by atoms with Crippen molar-refractivity contribution in [1.82, 2.24) is 15.3 Å². The predicted molar refractivity (Wildman–Crippen MR) is 77.8 cm³/mol. The molecule has 2 aromatic heterocycles. The van der Waals surface area contributed by atoms with Crippen LogP contribution in [0.4, 0.5) is 5.13 Å². The van der Waals surface area contributed by atoms with Gasteiger partial charge in [-0.2, -0.15) is 0 Å². The Morgan fingerprint density at radius 1 is 1.38 bits per heavy atom. The summed E-state index contributed by atoms with van der Waals surface area (Å²) in [6.07, 6.45) is 4.19. The molecule has 1 aliphatic heterocycles. The number of nitrogens with zero attached hydrogens (tertiary/aromatic N) is 2. The van der Waals surface area contributed by atoms with Crippen molar-refractivity contribution < 1.29 is 13.2 Å². The van der Waals surface area contributed by atoms with Crippen LogP contribution in [0.15, 0.2) is 29.4 Å². The molecule has 3 heterocycles. The summed E-state index contributed by atoms with van der Waals surface area (Å²) in [5.41, 5.74) is 0.638. The Morgan fingerprint density at radius 3 is 3.00 bits per heavy atom. The maximum Gasteiger partial charge on any atom is 0.265 e. The van der Waals surface area contributed by atoms with Gasteiger partial charge in [-0.25, -0.2) is 13.4 Å². The van der Waals surface area contributed by atoms with Crippen molar-refractivity contribution in [2.24, 2.45) is 0 Å². The minimum absolute atomic E-state index is 0.0554. The van der Waals surface area contributed by atoms with E-state index in [1.807, 2.05) is 0 Å². The molecule has 21 heavy (non-hydrogen) atoms. The lowest BCUT2D eigenvalue weighted by Crippen LogP contribution is -2.21. The zero-order chi connectivity index (χ0) is 14.9. The van der Waals surface area contributed by atoms with E-state index in [2.05, 4.69) is 20.0 Å². The average Bonchev–Trinajstić information content (AvgIpc) is 2.78. The van der Waals surface area contributed by atoms with Crippen molar-refractivity contribution in [1.29, 1.82) is 0 Å². The lowest BCUT2D eigenvalue weighted by atomic mass is 10.2. The molecule has 0 aromatic carbocycles. The van der Waals surface area contributed by atoms with Crippen LogP contribution in [-0.4, -0.2) is 30.8 Å². The van der Waals surface area contributed by atoms with Crippen molar-refractivity contribution >= 4 is 32.4 Å². The van der Waals surface area contributed by atoms with E-state index in [1.165, 1.54) is 18.5 Å². The smallest absolute Gasteiger partial charge is 0.265 e. The largest absolute Gasteiger partial charge is 0.351 e. The first-order valence-corrected chi connectivity index (χ1v) is 8.57. The van der Waals surface area contributed by atoms with E-state index in [9.17, 15) is 13.2 Å². The molecule has 110 valence electrons. The highest BCUT2D eigenvalue weighted by Crippen LogP contribution is 2.27. The second-order valence-electron chi connectivity index (χ2n) is 4.45. The highest BCUT2D eigenvalue weighted by Gasteiger charge is 2.23. The number of aromatic nitrogens is 2. The van der Waals surface area contributed by atoms with Gasteiger partial charge in [-0.05, 0) is 25.0 Å². The number of sulfonamides is 1. The number of fused-ring (bicyclic) bond motifs is 1. The van der Waals surface area contributed by atoms with E-state index in [-0.39, 0.29) is 15.9 Å².